The summed E-state index contributed by atoms with van der Waals surface area (Å²) < 4.78 is 31.6. The van der Waals surface area contributed by atoms with Crippen molar-refractivity contribution in [3.8, 4) is 0 Å². The first kappa shape index (κ1) is 15.3. The highest BCUT2D eigenvalue weighted by molar-refractivity contribution is 7.89. The maximum absolute atomic E-state index is 12.4. The minimum absolute atomic E-state index is 0.160. The lowest BCUT2D eigenvalue weighted by atomic mass is 10.2. The highest BCUT2D eigenvalue weighted by Crippen LogP contribution is 2.28. The van der Waals surface area contributed by atoms with E-state index in [1.807, 2.05) is 6.92 Å². The molecule has 112 valence electrons. The monoisotopic (exact) mass is 298 g/mol. The van der Waals surface area contributed by atoms with Crippen molar-refractivity contribution < 1.29 is 13.2 Å². The van der Waals surface area contributed by atoms with E-state index in [0.29, 0.717) is 19.1 Å². The Kier molecular flexibility index (Phi) is 4.67. The van der Waals surface area contributed by atoms with Crippen LogP contribution in [0, 0.1) is 12.8 Å². The topological polar surface area (TPSA) is 72.6 Å². The predicted octanol–water partition coefficient (Wildman–Crippen LogP) is 1.62. The zero-order valence-corrected chi connectivity index (χ0v) is 12.8. The second-order valence-corrected chi connectivity index (χ2v) is 7.40. The molecule has 0 unspecified atom stereocenters. The first-order valence-corrected chi connectivity index (χ1v) is 8.25. The summed E-state index contributed by atoms with van der Waals surface area (Å²) in [5, 5.41) is 0. The molecule has 0 atom stereocenters. The SMILES string of the molecule is Cc1ccc(S(=O)(=O)N(C)CCOCC2CC2)c(N)c1. The van der Waals surface area contributed by atoms with E-state index in [-0.39, 0.29) is 10.6 Å². The molecule has 1 fully saturated rings. The molecule has 1 aromatic carbocycles. The molecule has 2 N–H and O–H groups in total. The number of rotatable bonds is 7. The number of likely N-dealkylation sites (N-methyl/N-ethyl adjacent to an activating group) is 1. The second kappa shape index (κ2) is 6.11. The number of hydrogen-bond donors (Lipinski definition) is 1. The Bertz CT molecular complexity index is 568. The van der Waals surface area contributed by atoms with Gasteiger partial charge in [0, 0.05) is 20.2 Å². The van der Waals surface area contributed by atoms with Gasteiger partial charge >= 0.3 is 0 Å². The van der Waals surface area contributed by atoms with Crippen molar-refractivity contribution in [3.63, 3.8) is 0 Å². The van der Waals surface area contributed by atoms with E-state index in [2.05, 4.69) is 0 Å². The van der Waals surface area contributed by atoms with Crippen LogP contribution in [0.1, 0.15) is 18.4 Å². The standard InChI is InChI=1S/C14H22N2O3S/c1-11-3-6-14(13(15)9-11)20(17,18)16(2)7-8-19-10-12-4-5-12/h3,6,9,12H,4-5,7-8,10,15H2,1-2H3. The molecule has 20 heavy (non-hydrogen) atoms. The van der Waals surface area contributed by atoms with Crippen LogP contribution >= 0.6 is 0 Å². The zero-order chi connectivity index (χ0) is 14.8. The highest BCUT2D eigenvalue weighted by Gasteiger charge is 2.24. The molecule has 0 saturated heterocycles. The highest BCUT2D eigenvalue weighted by atomic mass is 32.2. The van der Waals surface area contributed by atoms with E-state index >= 15 is 0 Å². The smallest absolute Gasteiger partial charge is 0.244 e. The normalized spacial score (nSPS) is 15.8. The molecule has 0 radical (unpaired) electrons. The lowest BCUT2D eigenvalue weighted by molar-refractivity contribution is 0.117. The summed E-state index contributed by atoms with van der Waals surface area (Å²) in [5.74, 6) is 0.685. The number of ether oxygens (including phenoxy) is 1. The van der Waals surface area contributed by atoms with Gasteiger partial charge in [0.2, 0.25) is 10.0 Å². The van der Waals surface area contributed by atoms with E-state index in [9.17, 15) is 8.42 Å². The molecular weight excluding hydrogens is 276 g/mol. The summed E-state index contributed by atoms with van der Waals surface area (Å²) in [6.07, 6.45) is 2.46. The molecule has 0 amide bonds. The number of anilines is 1. The van der Waals surface area contributed by atoms with Crippen LogP contribution in [0.4, 0.5) is 5.69 Å². The number of nitrogen functional groups attached to an aromatic ring is 1. The largest absolute Gasteiger partial charge is 0.398 e. The first-order chi connectivity index (χ1) is 9.41. The fourth-order valence-electron chi connectivity index (χ4n) is 1.92. The van der Waals surface area contributed by atoms with Gasteiger partial charge in [-0.1, -0.05) is 6.07 Å². The summed E-state index contributed by atoms with van der Waals surface area (Å²) in [7, 11) is -1.99. The molecular formula is C14H22N2O3S. The molecule has 0 heterocycles. The maximum Gasteiger partial charge on any atom is 0.244 e. The van der Waals surface area contributed by atoms with Gasteiger partial charge in [0.15, 0.2) is 0 Å². The lowest BCUT2D eigenvalue weighted by Gasteiger charge is -2.18. The number of benzene rings is 1. The molecule has 1 aromatic rings. The number of aryl methyl sites for hydroxylation is 1. The third-order valence-corrected chi connectivity index (χ3v) is 5.39. The quantitative estimate of drug-likeness (QED) is 0.613. The third kappa shape index (κ3) is 3.71. The Morgan fingerprint density at radius 3 is 2.70 bits per heavy atom. The number of sulfonamides is 1. The molecule has 2 rings (SSSR count). The van der Waals surface area contributed by atoms with Gasteiger partial charge in [-0.3, -0.25) is 0 Å². The molecule has 0 bridgehead atoms. The zero-order valence-electron chi connectivity index (χ0n) is 12.0. The minimum Gasteiger partial charge on any atom is -0.398 e. The fraction of sp³-hybridized carbons (Fsp3) is 0.571. The Morgan fingerprint density at radius 2 is 2.10 bits per heavy atom. The van der Waals surface area contributed by atoms with Crippen molar-refractivity contribution in [1.82, 2.24) is 4.31 Å². The summed E-state index contributed by atoms with van der Waals surface area (Å²) in [5.41, 5.74) is 7.04. The average Bonchev–Trinajstić information content (AvgIpc) is 3.17. The molecule has 5 nitrogen and oxygen atoms in total. The van der Waals surface area contributed by atoms with Gasteiger partial charge in [0.25, 0.3) is 0 Å². The molecule has 6 heteroatoms. The van der Waals surface area contributed by atoms with Gasteiger partial charge in [-0.2, -0.15) is 4.31 Å². The van der Waals surface area contributed by atoms with E-state index in [0.717, 1.165) is 12.2 Å². The van der Waals surface area contributed by atoms with Gasteiger partial charge in [-0.25, -0.2) is 8.42 Å². The number of nitrogens with zero attached hydrogens (tertiary/aromatic N) is 1. The fourth-order valence-corrected chi connectivity index (χ4v) is 3.17. The first-order valence-electron chi connectivity index (χ1n) is 6.81. The summed E-state index contributed by atoms with van der Waals surface area (Å²) in [6.45, 7) is 3.36. The minimum atomic E-state index is -3.54. The molecule has 1 aliphatic carbocycles. The second-order valence-electron chi connectivity index (χ2n) is 5.39. The van der Waals surface area contributed by atoms with Crippen LogP contribution in [-0.2, 0) is 14.8 Å². The molecule has 0 aliphatic heterocycles. The molecule has 0 spiro atoms. The number of nitrogens with two attached hydrogens (primary N) is 1. The van der Waals surface area contributed by atoms with Crippen molar-refractivity contribution >= 4 is 15.7 Å². The van der Waals surface area contributed by atoms with Crippen LogP contribution in [0.15, 0.2) is 23.1 Å². The summed E-state index contributed by atoms with van der Waals surface area (Å²) >= 11 is 0. The van der Waals surface area contributed by atoms with Crippen LogP contribution in [0.3, 0.4) is 0 Å². The Labute approximate surface area is 120 Å². The average molecular weight is 298 g/mol. The van der Waals surface area contributed by atoms with E-state index in [4.69, 9.17) is 10.5 Å². The summed E-state index contributed by atoms with van der Waals surface area (Å²) in [6, 6.07) is 4.98. The molecule has 1 aliphatic rings. The van der Waals surface area contributed by atoms with Crippen LogP contribution in [0.25, 0.3) is 0 Å². The van der Waals surface area contributed by atoms with Crippen molar-refractivity contribution in [2.75, 3.05) is 32.5 Å². The van der Waals surface area contributed by atoms with Gasteiger partial charge < -0.3 is 10.5 Å². The molecule has 1 saturated carbocycles. The van der Waals surface area contributed by atoms with Crippen molar-refractivity contribution in [3.05, 3.63) is 23.8 Å². The Balaban J connectivity index is 1.96. The molecule has 0 aromatic heterocycles. The van der Waals surface area contributed by atoms with Gasteiger partial charge in [0.05, 0.1) is 12.3 Å². The van der Waals surface area contributed by atoms with Crippen molar-refractivity contribution in [2.24, 2.45) is 5.92 Å². The van der Waals surface area contributed by atoms with Crippen LogP contribution in [-0.4, -0.2) is 39.5 Å². The van der Waals surface area contributed by atoms with E-state index < -0.39 is 10.0 Å². The number of hydrogen-bond acceptors (Lipinski definition) is 4. The predicted molar refractivity (Wildman–Crippen MR) is 79.0 cm³/mol. The van der Waals surface area contributed by atoms with Gasteiger partial charge in [-0.15, -0.1) is 0 Å². The third-order valence-electron chi connectivity index (χ3n) is 3.45. The van der Waals surface area contributed by atoms with E-state index in [1.54, 1.807) is 25.2 Å². The van der Waals surface area contributed by atoms with Crippen molar-refractivity contribution in [1.29, 1.82) is 0 Å². The summed E-state index contributed by atoms with van der Waals surface area (Å²) in [4.78, 5) is 0.160. The van der Waals surface area contributed by atoms with Gasteiger partial charge in [0.1, 0.15) is 4.90 Å². The van der Waals surface area contributed by atoms with Crippen LogP contribution < -0.4 is 5.73 Å². The van der Waals surface area contributed by atoms with E-state index in [1.165, 1.54) is 17.1 Å². The van der Waals surface area contributed by atoms with Crippen LogP contribution in [0.2, 0.25) is 0 Å². The van der Waals surface area contributed by atoms with Crippen LogP contribution in [0.5, 0.6) is 0 Å². The maximum atomic E-state index is 12.4. The Hall–Kier alpha value is -1.11. The van der Waals surface area contributed by atoms with Crippen molar-refractivity contribution in [2.45, 2.75) is 24.7 Å². The van der Waals surface area contributed by atoms with Gasteiger partial charge in [-0.05, 0) is 43.4 Å². The Morgan fingerprint density at radius 1 is 1.40 bits per heavy atom. The lowest BCUT2D eigenvalue weighted by Crippen LogP contribution is -2.31.